The number of para-hydroxylation sites is 5. The molecule has 0 aliphatic carbocycles. The normalized spacial score (nSPS) is 12.2. The third-order valence-electron chi connectivity index (χ3n) is 11.4. The molecule has 1 heterocycles. The summed E-state index contributed by atoms with van der Waals surface area (Å²) >= 11 is 0. The van der Waals surface area contributed by atoms with Gasteiger partial charge in [0.25, 0.3) is 0 Å². The molecule has 0 unspecified atom stereocenters. The van der Waals surface area contributed by atoms with Gasteiger partial charge in [0.2, 0.25) is 0 Å². The molecule has 0 radical (unpaired) electrons. The summed E-state index contributed by atoms with van der Waals surface area (Å²) in [5, 5.41) is 4.21. The molecule has 61 heavy (non-hydrogen) atoms. The number of anilines is 6. The van der Waals surface area contributed by atoms with E-state index < -0.39 is 0 Å². The zero-order chi connectivity index (χ0) is 44.0. The molecule has 1 aromatic heterocycles. The van der Waals surface area contributed by atoms with Crippen LogP contribution in [0.25, 0.3) is 60.5 Å². The highest BCUT2D eigenvalue weighted by molar-refractivity contribution is 6.11. The monoisotopic (exact) mass is 783 g/mol. The molecule has 11 rings (SSSR count). The molecule has 0 bridgehead atoms. The van der Waals surface area contributed by atoms with Gasteiger partial charge >= 0.3 is 0 Å². The molecular weight excluding hydrogens is 739 g/mol. The lowest BCUT2D eigenvalue weighted by molar-refractivity contribution is 1.18. The van der Waals surface area contributed by atoms with Crippen LogP contribution in [0, 0.1) is 0 Å². The summed E-state index contributed by atoms with van der Waals surface area (Å²) in [6.45, 7) is 0. The highest BCUT2D eigenvalue weighted by Gasteiger charge is 2.20. The van der Waals surface area contributed by atoms with Crippen molar-refractivity contribution >= 4 is 66.7 Å². The number of aromatic nitrogens is 1. The first-order chi connectivity index (χ1) is 31.9. The van der Waals surface area contributed by atoms with Gasteiger partial charge in [0.1, 0.15) is 0 Å². The second-order valence-corrected chi connectivity index (χ2v) is 15.1. The maximum Gasteiger partial charge on any atom is 0.0645 e. The topological polar surface area (TPSA) is 11.4 Å². The highest BCUT2D eigenvalue weighted by Crippen LogP contribution is 2.44. The van der Waals surface area contributed by atoms with E-state index in [1.165, 1.54) is 5.39 Å². The van der Waals surface area contributed by atoms with E-state index in [1.807, 2.05) is 91.0 Å². The van der Waals surface area contributed by atoms with Crippen molar-refractivity contribution in [1.29, 1.82) is 0 Å². The van der Waals surface area contributed by atoms with Crippen LogP contribution in [0.1, 0.15) is 5.48 Å². The van der Waals surface area contributed by atoms with Crippen molar-refractivity contribution in [3.8, 4) is 27.9 Å². The van der Waals surface area contributed by atoms with Crippen molar-refractivity contribution in [2.75, 3.05) is 9.80 Å². The second-order valence-electron chi connectivity index (χ2n) is 15.1. The minimum Gasteiger partial charge on any atom is -0.311 e. The number of hydrogen-bond donors (Lipinski definition) is 0. The maximum atomic E-state index is 9.34. The van der Waals surface area contributed by atoms with Gasteiger partial charge in [-0.3, -0.25) is 0 Å². The molecule has 0 saturated carbocycles. The van der Waals surface area contributed by atoms with Gasteiger partial charge in [-0.05, 0) is 124 Å². The predicted octanol–water partition coefficient (Wildman–Crippen LogP) is 16.2. The first kappa shape index (κ1) is 31.8. The van der Waals surface area contributed by atoms with Crippen LogP contribution in [-0.4, -0.2) is 4.57 Å². The Labute approximate surface area is 361 Å². The van der Waals surface area contributed by atoms with Crippen molar-refractivity contribution < 1.29 is 5.48 Å². The minimum atomic E-state index is -0.110. The first-order valence-electron chi connectivity index (χ1n) is 22.5. The maximum absolute atomic E-state index is 9.34. The van der Waals surface area contributed by atoms with Gasteiger partial charge < -0.3 is 14.4 Å². The van der Waals surface area contributed by atoms with Crippen molar-refractivity contribution in [2.24, 2.45) is 0 Å². The average Bonchev–Trinajstić information content (AvgIpc) is 3.70. The Hall–Kier alpha value is -8.14. The summed E-state index contributed by atoms with van der Waals surface area (Å²) in [5.41, 5.74) is 11.2. The smallest absolute Gasteiger partial charge is 0.0645 e. The molecule has 0 N–H and O–H groups in total. The van der Waals surface area contributed by atoms with Crippen LogP contribution in [0.2, 0.25) is 0 Å². The number of fused-ring (bicyclic) bond motifs is 4. The predicted molar refractivity (Wildman–Crippen MR) is 259 cm³/mol. The van der Waals surface area contributed by atoms with Crippen LogP contribution in [0.5, 0.6) is 0 Å². The lowest BCUT2D eigenvalue weighted by atomic mass is 9.99. The Morgan fingerprint density at radius 1 is 0.328 bits per heavy atom. The summed E-state index contributed by atoms with van der Waals surface area (Å²) in [7, 11) is 0. The van der Waals surface area contributed by atoms with Gasteiger partial charge in [-0.2, -0.15) is 0 Å². The zero-order valence-corrected chi connectivity index (χ0v) is 33.2. The average molecular weight is 784 g/mol. The van der Waals surface area contributed by atoms with E-state index in [4.69, 9.17) is 0 Å². The fourth-order valence-electron chi connectivity index (χ4n) is 8.56. The van der Waals surface area contributed by atoms with E-state index in [-0.39, 0.29) is 35.4 Å². The number of benzene rings is 10. The van der Waals surface area contributed by atoms with E-state index in [2.05, 4.69) is 143 Å². The number of rotatable bonds is 9. The molecule has 0 fully saturated rings. The highest BCUT2D eigenvalue weighted by atomic mass is 15.1. The molecule has 0 saturated heterocycles. The molecule has 0 atom stereocenters. The fourth-order valence-corrected chi connectivity index (χ4v) is 8.56. The van der Waals surface area contributed by atoms with E-state index in [1.54, 1.807) is 4.90 Å². The molecule has 10 aromatic carbocycles. The Morgan fingerprint density at radius 3 is 1.62 bits per heavy atom. The fraction of sp³-hybridized carbons (Fsp3) is 0. The van der Waals surface area contributed by atoms with Crippen molar-refractivity contribution in [2.45, 2.75) is 0 Å². The van der Waals surface area contributed by atoms with E-state index in [0.717, 1.165) is 72.4 Å². The molecule has 0 aliphatic heterocycles. The van der Waals surface area contributed by atoms with E-state index in [0.29, 0.717) is 5.56 Å². The van der Waals surface area contributed by atoms with Gasteiger partial charge in [0.15, 0.2) is 0 Å². The van der Waals surface area contributed by atoms with Crippen LogP contribution >= 0.6 is 0 Å². The molecule has 11 aromatic rings. The van der Waals surface area contributed by atoms with Crippen LogP contribution < -0.4 is 9.80 Å². The van der Waals surface area contributed by atoms with Crippen LogP contribution in [0.15, 0.2) is 249 Å². The standard InChI is InChI=1S/C58H41N3/c1-5-17-43(18-6-1)53-25-13-15-27-56(53)60(52-37-38-58-55(41-52)54-26-14-16-28-57(54)61(58)49-23-11-4-12-24-49)51-36-33-45-39-44(29-30-46(45)40-51)42-31-34-50(35-32-42)59(47-19-7-2-8-20-47)48-21-9-3-10-22-48/h1-41H/i31D,32D,34D,35D. The zero-order valence-electron chi connectivity index (χ0n) is 37.2. The third-order valence-corrected chi connectivity index (χ3v) is 11.4. The summed E-state index contributed by atoms with van der Waals surface area (Å²) < 4.78 is 39.7. The van der Waals surface area contributed by atoms with Gasteiger partial charge in [0, 0.05) is 50.5 Å². The van der Waals surface area contributed by atoms with E-state index in [9.17, 15) is 5.48 Å². The van der Waals surface area contributed by atoms with Gasteiger partial charge in [-0.15, -0.1) is 0 Å². The quantitative estimate of drug-likeness (QED) is 0.144. The number of nitrogens with zero attached hydrogens (tertiary/aromatic N) is 3. The minimum absolute atomic E-state index is 0.0958. The summed E-state index contributed by atoms with van der Waals surface area (Å²) in [6, 6.07) is 75.8. The molecule has 288 valence electrons. The Morgan fingerprint density at radius 2 is 0.885 bits per heavy atom. The first-order valence-corrected chi connectivity index (χ1v) is 20.5. The van der Waals surface area contributed by atoms with Gasteiger partial charge in [-0.1, -0.05) is 152 Å². The van der Waals surface area contributed by atoms with Gasteiger partial charge in [0.05, 0.1) is 22.2 Å². The second kappa shape index (κ2) is 15.6. The molecule has 3 heteroatoms. The lowest BCUT2D eigenvalue weighted by Crippen LogP contribution is -2.11. The summed E-state index contributed by atoms with van der Waals surface area (Å²) in [4.78, 5) is 4.13. The van der Waals surface area contributed by atoms with Gasteiger partial charge in [-0.25, -0.2) is 0 Å². The lowest BCUT2D eigenvalue weighted by Gasteiger charge is -2.28. The van der Waals surface area contributed by atoms with E-state index >= 15 is 0 Å². The Balaban J connectivity index is 1.05. The Bertz CT molecular complexity index is 3470. The largest absolute Gasteiger partial charge is 0.311 e. The molecule has 0 spiro atoms. The summed E-state index contributed by atoms with van der Waals surface area (Å²) in [6.07, 6.45) is 0. The van der Waals surface area contributed by atoms with Crippen molar-refractivity contribution in [1.82, 2.24) is 4.57 Å². The molecule has 3 nitrogen and oxygen atoms in total. The Kier molecular flexibility index (Phi) is 8.11. The van der Waals surface area contributed by atoms with Crippen molar-refractivity contribution in [3.05, 3.63) is 249 Å². The van der Waals surface area contributed by atoms with Crippen molar-refractivity contribution in [3.63, 3.8) is 0 Å². The molecule has 0 aliphatic rings. The summed E-state index contributed by atoms with van der Waals surface area (Å²) in [5.74, 6) is 0. The third kappa shape index (κ3) is 6.69. The SMILES string of the molecule is [2H]c1c([2H])c(N(c2ccccc2)c2ccccc2)c([2H])c([2H])c1-c1ccc2cc(N(c3ccc4c(c3)c3ccccc3n4-c3ccccc3)c3ccccc3-c3ccccc3)ccc2c1. The molecule has 0 amide bonds. The van der Waals surface area contributed by atoms with Crippen LogP contribution in [0.3, 0.4) is 0 Å². The van der Waals surface area contributed by atoms with Crippen LogP contribution in [-0.2, 0) is 0 Å². The van der Waals surface area contributed by atoms with Crippen LogP contribution in [0.4, 0.5) is 34.1 Å². The number of hydrogen-bond acceptors (Lipinski definition) is 2. The molecular formula is C58H41N3.